The van der Waals surface area contributed by atoms with E-state index in [0.717, 1.165) is 29.5 Å². The molecule has 0 radical (unpaired) electrons. The van der Waals surface area contributed by atoms with Gasteiger partial charge in [0.2, 0.25) is 5.75 Å². The molecule has 0 amide bonds. The molecule has 19 heavy (non-hydrogen) atoms. The summed E-state index contributed by atoms with van der Waals surface area (Å²) >= 11 is 6.65. The van der Waals surface area contributed by atoms with Crippen molar-refractivity contribution in [3.63, 3.8) is 0 Å². The van der Waals surface area contributed by atoms with Gasteiger partial charge in [-0.25, -0.2) is 4.39 Å². The number of benzene rings is 1. The molecule has 0 aliphatic heterocycles. The molecule has 0 saturated carbocycles. The van der Waals surface area contributed by atoms with Gasteiger partial charge in [0.15, 0.2) is 0 Å². The second kappa shape index (κ2) is 5.47. The zero-order valence-corrected chi connectivity index (χ0v) is 10.7. The lowest BCUT2D eigenvalue weighted by atomic mass is 10.3. The van der Waals surface area contributed by atoms with Crippen LogP contribution in [-0.2, 0) is 6.61 Å². The van der Waals surface area contributed by atoms with Crippen LogP contribution in [-0.4, -0.2) is 15.0 Å². The molecule has 0 unspecified atom stereocenters. The Labute approximate surface area is 115 Å². The first kappa shape index (κ1) is 13.7. The SMILES string of the molecule is O=[N+]([O-])c1cc(F)ccc1Oc1nc(Cl)c(CO)s1. The van der Waals surface area contributed by atoms with Gasteiger partial charge in [0.1, 0.15) is 11.0 Å². The Morgan fingerprint density at radius 3 is 2.89 bits per heavy atom. The Balaban J connectivity index is 2.34. The fraction of sp³-hybridized carbons (Fsp3) is 0.100. The third-order valence-corrected chi connectivity index (χ3v) is 3.43. The number of ether oxygens (including phenoxy) is 1. The summed E-state index contributed by atoms with van der Waals surface area (Å²) < 4.78 is 18.1. The van der Waals surface area contributed by atoms with Gasteiger partial charge in [-0.15, -0.1) is 0 Å². The molecule has 1 heterocycles. The summed E-state index contributed by atoms with van der Waals surface area (Å²) in [5.74, 6) is -0.895. The van der Waals surface area contributed by atoms with Crippen LogP contribution in [0.3, 0.4) is 0 Å². The van der Waals surface area contributed by atoms with E-state index >= 15 is 0 Å². The van der Waals surface area contributed by atoms with Gasteiger partial charge in [0.05, 0.1) is 22.5 Å². The highest BCUT2D eigenvalue weighted by molar-refractivity contribution is 7.13. The molecule has 100 valence electrons. The molecule has 1 aromatic carbocycles. The number of halogens is 2. The fourth-order valence-corrected chi connectivity index (χ4v) is 2.24. The minimum Gasteiger partial charge on any atom is -0.423 e. The number of thiazole rings is 1. The van der Waals surface area contributed by atoms with Gasteiger partial charge < -0.3 is 9.84 Å². The topological polar surface area (TPSA) is 85.5 Å². The Kier molecular flexibility index (Phi) is 3.93. The van der Waals surface area contributed by atoms with Crippen molar-refractivity contribution in [1.29, 1.82) is 0 Å². The maximum atomic E-state index is 12.9. The number of nitrogens with zero attached hydrogens (tertiary/aromatic N) is 2. The van der Waals surface area contributed by atoms with E-state index in [-0.39, 0.29) is 22.7 Å². The molecule has 6 nitrogen and oxygen atoms in total. The van der Waals surface area contributed by atoms with Crippen molar-refractivity contribution in [3.05, 3.63) is 44.2 Å². The van der Waals surface area contributed by atoms with E-state index in [4.69, 9.17) is 21.4 Å². The number of hydrogen-bond acceptors (Lipinski definition) is 6. The Bertz CT molecular complexity index is 634. The van der Waals surface area contributed by atoms with Crippen LogP contribution in [0.1, 0.15) is 4.88 Å². The molecule has 0 spiro atoms. The average Bonchev–Trinajstić information content (AvgIpc) is 2.71. The zero-order chi connectivity index (χ0) is 14.0. The first-order chi connectivity index (χ1) is 9.01. The minimum absolute atomic E-state index is 0.0313. The van der Waals surface area contributed by atoms with Crippen LogP contribution in [0, 0.1) is 15.9 Å². The summed E-state index contributed by atoms with van der Waals surface area (Å²) in [6.07, 6.45) is 0. The van der Waals surface area contributed by atoms with Crippen LogP contribution >= 0.6 is 22.9 Å². The molecule has 1 N–H and O–H groups in total. The highest BCUT2D eigenvalue weighted by Gasteiger charge is 2.19. The van der Waals surface area contributed by atoms with Crippen LogP contribution in [0.25, 0.3) is 0 Å². The van der Waals surface area contributed by atoms with E-state index in [1.165, 1.54) is 0 Å². The number of hydrogen-bond donors (Lipinski definition) is 1. The predicted octanol–water partition coefficient (Wildman–Crippen LogP) is 3.13. The quantitative estimate of drug-likeness (QED) is 0.693. The Morgan fingerprint density at radius 1 is 1.58 bits per heavy atom. The molecule has 0 fully saturated rings. The van der Waals surface area contributed by atoms with Crippen molar-refractivity contribution in [2.24, 2.45) is 0 Å². The maximum Gasteiger partial charge on any atom is 0.314 e. The fourth-order valence-electron chi connectivity index (χ4n) is 1.27. The minimum atomic E-state index is -0.763. The lowest BCUT2D eigenvalue weighted by Gasteiger charge is -2.02. The molecule has 0 bridgehead atoms. The third kappa shape index (κ3) is 2.98. The highest BCUT2D eigenvalue weighted by atomic mass is 35.5. The molecule has 2 rings (SSSR count). The molecule has 9 heteroatoms. The predicted molar refractivity (Wildman–Crippen MR) is 66.2 cm³/mol. The van der Waals surface area contributed by atoms with Crippen LogP contribution in [0.5, 0.6) is 10.9 Å². The van der Waals surface area contributed by atoms with Gasteiger partial charge in [0.25, 0.3) is 5.19 Å². The van der Waals surface area contributed by atoms with Gasteiger partial charge in [-0.05, 0) is 12.1 Å². The zero-order valence-electron chi connectivity index (χ0n) is 9.17. The number of rotatable bonds is 4. The summed E-state index contributed by atoms with van der Waals surface area (Å²) in [6, 6.07) is 2.91. The molecule has 0 saturated heterocycles. The smallest absolute Gasteiger partial charge is 0.314 e. The van der Waals surface area contributed by atoms with Gasteiger partial charge >= 0.3 is 5.69 Å². The third-order valence-electron chi connectivity index (χ3n) is 2.09. The summed E-state index contributed by atoms with van der Waals surface area (Å²) in [4.78, 5) is 14.2. The van der Waals surface area contributed by atoms with E-state index in [0.29, 0.717) is 4.88 Å². The van der Waals surface area contributed by atoms with Gasteiger partial charge in [-0.2, -0.15) is 4.98 Å². The van der Waals surface area contributed by atoms with Crippen molar-refractivity contribution in [1.82, 2.24) is 4.98 Å². The van der Waals surface area contributed by atoms with Crippen molar-refractivity contribution in [2.75, 3.05) is 0 Å². The Morgan fingerprint density at radius 2 is 2.32 bits per heavy atom. The number of aliphatic hydroxyl groups is 1. The van der Waals surface area contributed by atoms with Gasteiger partial charge in [-0.3, -0.25) is 10.1 Å². The van der Waals surface area contributed by atoms with Crippen molar-refractivity contribution in [3.8, 4) is 10.9 Å². The second-order valence-corrected chi connectivity index (χ2v) is 4.73. The van der Waals surface area contributed by atoms with E-state index in [1.54, 1.807) is 0 Å². The van der Waals surface area contributed by atoms with E-state index in [9.17, 15) is 14.5 Å². The normalized spacial score (nSPS) is 10.5. The highest BCUT2D eigenvalue weighted by Crippen LogP contribution is 2.36. The van der Waals surface area contributed by atoms with Crippen LogP contribution in [0.15, 0.2) is 18.2 Å². The molecule has 0 atom stereocenters. The van der Waals surface area contributed by atoms with Gasteiger partial charge in [0, 0.05) is 0 Å². The first-order valence-electron chi connectivity index (χ1n) is 4.89. The van der Waals surface area contributed by atoms with Crippen molar-refractivity contribution < 1.29 is 19.2 Å². The first-order valence-corrected chi connectivity index (χ1v) is 6.08. The molecule has 0 aliphatic rings. The van der Waals surface area contributed by atoms with Crippen LogP contribution < -0.4 is 4.74 Å². The second-order valence-electron chi connectivity index (χ2n) is 3.32. The number of aromatic nitrogens is 1. The van der Waals surface area contributed by atoms with Crippen molar-refractivity contribution in [2.45, 2.75) is 6.61 Å². The van der Waals surface area contributed by atoms with Crippen LogP contribution in [0.4, 0.5) is 10.1 Å². The lowest BCUT2D eigenvalue weighted by Crippen LogP contribution is -1.94. The average molecular weight is 305 g/mol. The summed E-state index contributed by atoms with van der Waals surface area (Å²) in [7, 11) is 0. The standard InChI is InChI=1S/C10H6ClFN2O4S/c11-9-8(4-15)19-10(13-9)18-7-2-1-5(12)3-6(7)14(16)17/h1-3,15H,4H2. The summed E-state index contributed by atoms with van der Waals surface area (Å²) in [6.45, 7) is -0.314. The molecule has 0 aliphatic carbocycles. The molecular formula is C10H6ClFN2O4S. The van der Waals surface area contributed by atoms with E-state index < -0.39 is 16.4 Å². The Hall–Kier alpha value is -1.77. The van der Waals surface area contributed by atoms with Crippen molar-refractivity contribution >= 4 is 28.6 Å². The number of nitro groups is 1. The summed E-state index contributed by atoms with van der Waals surface area (Å²) in [5, 5.41) is 19.8. The largest absolute Gasteiger partial charge is 0.423 e. The molecular weight excluding hydrogens is 299 g/mol. The van der Waals surface area contributed by atoms with Crippen LogP contribution in [0.2, 0.25) is 5.15 Å². The molecule has 1 aromatic heterocycles. The molecule has 2 aromatic rings. The van der Waals surface area contributed by atoms with E-state index in [1.807, 2.05) is 0 Å². The monoisotopic (exact) mass is 304 g/mol. The maximum absolute atomic E-state index is 12.9. The lowest BCUT2D eigenvalue weighted by molar-refractivity contribution is -0.385. The number of aliphatic hydroxyl groups excluding tert-OH is 1. The number of nitro benzene ring substituents is 1. The van der Waals surface area contributed by atoms with E-state index in [2.05, 4.69) is 4.98 Å². The van der Waals surface area contributed by atoms with Gasteiger partial charge in [-0.1, -0.05) is 22.9 Å². The summed E-state index contributed by atoms with van der Waals surface area (Å²) in [5.41, 5.74) is -0.517.